The predicted octanol–water partition coefficient (Wildman–Crippen LogP) is 1.88. The summed E-state index contributed by atoms with van der Waals surface area (Å²) in [5.41, 5.74) is 1.63. The van der Waals surface area contributed by atoms with E-state index in [0.717, 1.165) is 35.2 Å². The molecule has 0 radical (unpaired) electrons. The normalized spacial score (nSPS) is 22.4. The second-order valence-corrected chi connectivity index (χ2v) is 8.90. The van der Waals surface area contributed by atoms with Crippen LogP contribution < -0.4 is 15.8 Å². The summed E-state index contributed by atoms with van der Waals surface area (Å²) < 4.78 is 1.70. The number of piperidine rings is 1. The SMILES string of the molecule is Cc1nc(CNC(=O)[C@H]2[C@H]3C[C@H](CN(c4cnccn4)C3)c3cccc(=O)n32)cs1. The van der Waals surface area contributed by atoms with Crippen LogP contribution >= 0.6 is 11.3 Å². The lowest BCUT2D eigenvalue weighted by molar-refractivity contribution is -0.127. The van der Waals surface area contributed by atoms with Crippen molar-refractivity contribution in [3.05, 3.63) is 68.9 Å². The molecule has 154 valence electrons. The van der Waals surface area contributed by atoms with Crippen LogP contribution in [-0.4, -0.2) is 38.5 Å². The number of pyridine rings is 1. The summed E-state index contributed by atoms with van der Waals surface area (Å²) >= 11 is 1.56. The summed E-state index contributed by atoms with van der Waals surface area (Å²) in [4.78, 5) is 41.3. The summed E-state index contributed by atoms with van der Waals surface area (Å²) in [6.07, 6.45) is 5.95. The molecule has 2 aliphatic rings. The van der Waals surface area contributed by atoms with Crippen LogP contribution in [0.5, 0.6) is 0 Å². The minimum Gasteiger partial charge on any atom is -0.354 e. The highest BCUT2D eigenvalue weighted by Crippen LogP contribution is 2.42. The Morgan fingerprint density at radius 2 is 2.20 bits per heavy atom. The summed E-state index contributed by atoms with van der Waals surface area (Å²) in [6.45, 7) is 3.71. The average Bonchev–Trinajstić information content (AvgIpc) is 3.18. The van der Waals surface area contributed by atoms with Crippen molar-refractivity contribution in [1.82, 2.24) is 24.8 Å². The third-order valence-electron chi connectivity index (χ3n) is 5.90. The van der Waals surface area contributed by atoms with Crippen molar-refractivity contribution < 1.29 is 4.79 Å². The van der Waals surface area contributed by atoms with E-state index in [1.54, 1.807) is 40.6 Å². The Kier molecular flexibility index (Phi) is 4.82. The van der Waals surface area contributed by atoms with Crippen LogP contribution in [0.15, 0.2) is 47.0 Å². The van der Waals surface area contributed by atoms with Gasteiger partial charge in [0.25, 0.3) is 5.56 Å². The van der Waals surface area contributed by atoms with E-state index in [2.05, 4.69) is 25.2 Å². The van der Waals surface area contributed by atoms with Gasteiger partial charge in [0.05, 0.1) is 23.4 Å². The molecule has 3 atom stereocenters. The molecule has 5 rings (SSSR count). The third-order valence-corrected chi connectivity index (χ3v) is 6.72. The van der Waals surface area contributed by atoms with Crippen LogP contribution in [-0.2, 0) is 11.3 Å². The molecule has 9 heteroatoms. The molecule has 1 saturated heterocycles. The number of aromatic nitrogens is 4. The van der Waals surface area contributed by atoms with Crippen molar-refractivity contribution in [2.75, 3.05) is 18.0 Å². The first-order chi connectivity index (χ1) is 14.6. The largest absolute Gasteiger partial charge is 0.354 e. The molecule has 5 heterocycles. The molecular weight excluding hydrogens is 400 g/mol. The Hall–Kier alpha value is -3.07. The maximum atomic E-state index is 13.3. The zero-order valence-electron chi connectivity index (χ0n) is 16.6. The van der Waals surface area contributed by atoms with Gasteiger partial charge in [-0.1, -0.05) is 6.07 Å². The van der Waals surface area contributed by atoms with Crippen molar-refractivity contribution in [2.45, 2.75) is 31.8 Å². The maximum Gasteiger partial charge on any atom is 0.251 e. The number of fused-ring (bicyclic) bond motifs is 4. The standard InChI is InChI=1S/C21H22N6O2S/c1-13-25-16(12-30-13)8-24-21(29)20-15-7-14(17-3-2-4-19(28)27(17)20)10-26(11-15)18-9-22-5-6-23-18/h2-6,9,12,14-15,20H,7-8,10-11H2,1H3,(H,24,29)/t14-,15+,20-/m1/s1. The molecule has 1 amide bonds. The Balaban J connectivity index is 1.47. The van der Waals surface area contributed by atoms with Crippen molar-refractivity contribution in [3.63, 3.8) is 0 Å². The number of hydrogen-bond donors (Lipinski definition) is 1. The van der Waals surface area contributed by atoms with E-state index in [4.69, 9.17) is 0 Å². The minimum atomic E-state index is -0.552. The summed E-state index contributed by atoms with van der Waals surface area (Å²) in [5, 5.41) is 5.92. The van der Waals surface area contributed by atoms with E-state index < -0.39 is 6.04 Å². The number of hydrogen-bond acceptors (Lipinski definition) is 7. The number of nitrogens with zero attached hydrogens (tertiary/aromatic N) is 5. The van der Waals surface area contributed by atoms with Crippen LogP contribution in [0.2, 0.25) is 0 Å². The van der Waals surface area contributed by atoms with Crippen LogP contribution in [0, 0.1) is 12.8 Å². The molecule has 1 N–H and O–H groups in total. The molecule has 8 nitrogen and oxygen atoms in total. The van der Waals surface area contributed by atoms with Gasteiger partial charge in [0.15, 0.2) is 0 Å². The molecule has 0 aliphatic carbocycles. The number of nitrogens with one attached hydrogen (secondary N) is 1. The highest BCUT2D eigenvalue weighted by Gasteiger charge is 2.44. The number of amides is 1. The molecular formula is C21H22N6O2S. The summed E-state index contributed by atoms with van der Waals surface area (Å²) in [5.74, 6) is 0.844. The van der Waals surface area contributed by atoms with Crippen molar-refractivity contribution in [1.29, 1.82) is 0 Å². The fourth-order valence-corrected chi connectivity index (χ4v) is 5.30. The monoisotopic (exact) mass is 422 g/mol. The van der Waals surface area contributed by atoms with Gasteiger partial charge in [0.2, 0.25) is 5.91 Å². The Morgan fingerprint density at radius 3 is 2.97 bits per heavy atom. The zero-order valence-corrected chi connectivity index (χ0v) is 17.4. The molecule has 2 aliphatic heterocycles. The number of aryl methyl sites for hydroxylation is 1. The summed E-state index contributed by atoms with van der Waals surface area (Å²) in [6, 6.07) is 4.73. The Morgan fingerprint density at radius 1 is 1.30 bits per heavy atom. The fraction of sp³-hybridized carbons (Fsp3) is 0.381. The molecule has 2 bridgehead atoms. The third kappa shape index (κ3) is 3.39. The fourth-order valence-electron chi connectivity index (χ4n) is 4.68. The summed E-state index contributed by atoms with van der Waals surface area (Å²) in [7, 11) is 0. The Labute approximate surface area is 177 Å². The van der Waals surface area contributed by atoms with Gasteiger partial charge < -0.3 is 10.2 Å². The highest BCUT2D eigenvalue weighted by atomic mass is 32.1. The average molecular weight is 423 g/mol. The lowest BCUT2D eigenvalue weighted by Gasteiger charge is -2.46. The van der Waals surface area contributed by atoms with Gasteiger partial charge >= 0.3 is 0 Å². The van der Waals surface area contributed by atoms with E-state index in [0.29, 0.717) is 13.1 Å². The van der Waals surface area contributed by atoms with Crippen molar-refractivity contribution in [3.8, 4) is 0 Å². The first-order valence-corrected chi connectivity index (χ1v) is 10.9. The molecule has 0 saturated carbocycles. The molecule has 3 aromatic heterocycles. The van der Waals surface area contributed by atoms with Crippen LogP contribution in [0.25, 0.3) is 0 Å². The van der Waals surface area contributed by atoms with Gasteiger partial charge in [0, 0.05) is 54.5 Å². The van der Waals surface area contributed by atoms with Crippen molar-refractivity contribution >= 4 is 23.1 Å². The molecule has 0 aromatic carbocycles. The van der Waals surface area contributed by atoms with Gasteiger partial charge in [-0.25, -0.2) is 9.97 Å². The minimum absolute atomic E-state index is 0.00975. The number of carbonyl (C=O) groups excluding carboxylic acids is 1. The van der Waals surface area contributed by atoms with Crippen molar-refractivity contribution in [2.24, 2.45) is 5.92 Å². The van der Waals surface area contributed by atoms with E-state index in [1.807, 2.05) is 18.4 Å². The highest BCUT2D eigenvalue weighted by molar-refractivity contribution is 7.09. The van der Waals surface area contributed by atoms with Gasteiger partial charge in [0.1, 0.15) is 11.9 Å². The number of thiazole rings is 1. The number of anilines is 1. The quantitative estimate of drug-likeness (QED) is 0.690. The maximum absolute atomic E-state index is 13.3. The molecule has 30 heavy (non-hydrogen) atoms. The lowest BCUT2D eigenvalue weighted by atomic mass is 9.78. The number of rotatable bonds is 4. The first-order valence-electron chi connectivity index (χ1n) is 10.0. The first kappa shape index (κ1) is 18.9. The second kappa shape index (κ2) is 7.64. The molecule has 0 spiro atoms. The van der Waals surface area contributed by atoms with Crippen LogP contribution in [0.1, 0.15) is 34.8 Å². The molecule has 3 aromatic rings. The van der Waals surface area contributed by atoms with Gasteiger partial charge in [-0.05, 0) is 19.4 Å². The van der Waals surface area contributed by atoms with Crippen LogP contribution in [0.3, 0.4) is 0 Å². The molecule has 1 fully saturated rings. The predicted molar refractivity (Wildman–Crippen MR) is 114 cm³/mol. The number of carbonyl (C=O) groups is 1. The zero-order chi connectivity index (χ0) is 20.7. The molecule has 0 unspecified atom stereocenters. The smallest absolute Gasteiger partial charge is 0.251 e. The Bertz CT molecular complexity index is 1130. The van der Waals surface area contributed by atoms with Gasteiger partial charge in [-0.2, -0.15) is 0 Å². The van der Waals surface area contributed by atoms with E-state index in [-0.39, 0.29) is 23.3 Å². The van der Waals surface area contributed by atoms with E-state index in [1.165, 1.54) is 6.07 Å². The second-order valence-electron chi connectivity index (χ2n) is 7.84. The van der Waals surface area contributed by atoms with E-state index >= 15 is 0 Å². The van der Waals surface area contributed by atoms with Crippen LogP contribution in [0.4, 0.5) is 5.82 Å². The van der Waals surface area contributed by atoms with Gasteiger partial charge in [-0.15, -0.1) is 11.3 Å². The van der Waals surface area contributed by atoms with Gasteiger partial charge in [-0.3, -0.25) is 19.1 Å². The lowest BCUT2D eigenvalue weighted by Crippen LogP contribution is -2.53. The topological polar surface area (TPSA) is 93.0 Å². The van der Waals surface area contributed by atoms with E-state index in [9.17, 15) is 9.59 Å².